The first-order valence-electron chi connectivity index (χ1n) is 8.25. The van der Waals surface area contributed by atoms with E-state index in [0.29, 0.717) is 25.9 Å². The number of halogens is 3. The molecule has 11 heteroatoms. The summed E-state index contributed by atoms with van der Waals surface area (Å²) in [6.07, 6.45) is -2.16. The minimum absolute atomic E-state index is 0.105. The molecule has 3 rings (SSSR count). The summed E-state index contributed by atoms with van der Waals surface area (Å²) in [6.45, 7) is 0.770. The summed E-state index contributed by atoms with van der Waals surface area (Å²) in [7, 11) is -3.58. The Morgan fingerprint density at radius 2 is 1.89 bits per heavy atom. The molecule has 1 aliphatic rings. The van der Waals surface area contributed by atoms with Crippen LogP contribution < -0.4 is 10.0 Å². The molecular weight excluding hydrogens is 383 g/mol. The Hall–Kier alpha value is -2.27. The van der Waals surface area contributed by atoms with Crippen molar-refractivity contribution in [3.05, 3.63) is 36.2 Å². The van der Waals surface area contributed by atoms with Gasteiger partial charge in [-0.2, -0.15) is 13.2 Å². The van der Waals surface area contributed by atoms with Gasteiger partial charge in [-0.05, 0) is 30.9 Å². The number of rotatable bonds is 4. The number of anilines is 1. The first-order chi connectivity index (χ1) is 12.6. The number of alkyl halides is 3. The van der Waals surface area contributed by atoms with Gasteiger partial charge in [-0.1, -0.05) is 6.07 Å². The van der Waals surface area contributed by atoms with Gasteiger partial charge in [-0.3, -0.25) is 4.98 Å². The topological polar surface area (TPSA) is 102 Å². The molecule has 1 aliphatic heterocycles. The molecule has 0 aromatic carbocycles. The third kappa shape index (κ3) is 5.13. The van der Waals surface area contributed by atoms with Gasteiger partial charge in [0.25, 0.3) is 0 Å². The molecule has 3 heterocycles. The summed E-state index contributed by atoms with van der Waals surface area (Å²) in [6, 6.07) is 5.74. The van der Waals surface area contributed by atoms with E-state index >= 15 is 0 Å². The van der Waals surface area contributed by atoms with E-state index in [4.69, 9.17) is 5.14 Å². The summed E-state index contributed by atoms with van der Waals surface area (Å²) in [5.41, 5.74) is -0.797. The Morgan fingerprint density at radius 1 is 1.19 bits per heavy atom. The van der Waals surface area contributed by atoms with Gasteiger partial charge in [0.1, 0.15) is 11.5 Å². The second kappa shape index (κ2) is 7.39. The fourth-order valence-electron chi connectivity index (χ4n) is 3.01. The van der Waals surface area contributed by atoms with Gasteiger partial charge in [0.05, 0.1) is 5.75 Å². The van der Waals surface area contributed by atoms with Crippen LogP contribution in [0.2, 0.25) is 0 Å². The average molecular weight is 401 g/mol. The summed E-state index contributed by atoms with van der Waals surface area (Å²) < 4.78 is 62.2. The summed E-state index contributed by atoms with van der Waals surface area (Å²) in [5.74, 6) is -0.202. The molecule has 0 aliphatic carbocycles. The maximum absolute atomic E-state index is 13.3. The molecule has 2 aromatic heterocycles. The van der Waals surface area contributed by atoms with Gasteiger partial charge >= 0.3 is 6.18 Å². The summed E-state index contributed by atoms with van der Waals surface area (Å²) >= 11 is 0. The lowest BCUT2D eigenvalue weighted by atomic mass is 9.99. The SMILES string of the molecule is NS(=O)(=O)CC1CCN(c2cc(C(F)(F)F)nc(-c3ccccn3)n2)CC1. The van der Waals surface area contributed by atoms with Crippen LogP contribution in [0.15, 0.2) is 30.5 Å². The van der Waals surface area contributed by atoms with Gasteiger partial charge in [0.2, 0.25) is 10.0 Å². The third-order valence-corrected chi connectivity index (χ3v) is 5.24. The molecule has 0 radical (unpaired) electrons. The number of nitrogens with zero attached hydrogens (tertiary/aromatic N) is 4. The van der Waals surface area contributed by atoms with Crippen LogP contribution in [-0.4, -0.2) is 42.2 Å². The minimum Gasteiger partial charge on any atom is -0.356 e. The van der Waals surface area contributed by atoms with Crippen LogP contribution in [0.25, 0.3) is 11.5 Å². The number of aromatic nitrogens is 3. The van der Waals surface area contributed by atoms with Crippen LogP contribution in [0.5, 0.6) is 0 Å². The van der Waals surface area contributed by atoms with Crippen molar-refractivity contribution >= 4 is 15.8 Å². The molecule has 0 atom stereocenters. The molecule has 146 valence electrons. The van der Waals surface area contributed by atoms with Gasteiger partial charge in [-0.25, -0.2) is 23.5 Å². The summed E-state index contributed by atoms with van der Waals surface area (Å²) in [5, 5.41) is 5.07. The normalized spacial score (nSPS) is 16.5. The number of nitrogens with two attached hydrogens (primary N) is 1. The van der Waals surface area contributed by atoms with Crippen molar-refractivity contribution < 1.29 is 21.6 Å². The van der Waals surface area contributed by atoms with Crippen molar-refractivity contribution in [2.24, 2.45) is 11.1 Å². The Balaban J connectivity index is 1.87. The molecule has 27 heavy (non-hydrogen) atoms. The largest absolute Gasteiger partial charge is 0.433 e. The fourth-order valence-corrected chi connectivity index (χ4v) is 4.00. The molecule has 0 amide bonds. The number of piperidine rings is 1. The van der Waals surface area contributed by atoms with Gasteiger partial charge < -0.3 is 4.90 Å². The Labute approximate surface area is 154 Å². The van der Waals surface area contributed by atoms with Gasteiger partial charge in [0, 0.05) is 25.4 Å². The van der Waals surface area contributed by atoms with E-state index < -0.39 is 21.9 Å². The van der Waals surface area contributed by atoms with E-state index in [1.807, 2.05) is 0 Å². The number of primary sulfonamides is 1. The highest BCUT2D eigenvalue weighted by Crippen LogP contribution is 2.32. The van der Waals surface area contributed by atoms with Crippen molar-refractivity contribution in [1.29, 1.82) is 0 Å². The second-order valence-corrected chi connectivity index (χ2v) is 8.07. The zero-order valence-electron chi connectivity index (χ0n) is 14.2. The molecule has 0 saturated carbocycles. The Bertz CT molecular complexity index is 898. The van der Waals surface area contributed by atoms with Crippen molar-refractivity contribution in [2.45, 2.75) is 19.0 Å². The standard InChI is InChI=1S/C16H18F3N5O2S/c17-16(18,19)13-9-14(23-15(22-13)12-3-1-2-6-21-12)24-7-4-11(5-8-24)10-27(20,25)26/h1-3,6,9,11H,4-5,7-8,10H2,(H2,20,25,26). The Kier molecular flexibility index (Phi) is 5.33. The molecule has 0 unspecified atom stereocenters. The molecule has 2 N–H and O–H groups in total. The molecule has 2 aromatic rings. The predicted octanol–water partition coefficient (Wildman–Crippen LogP) is 2.06. The molecule has 7 nitrogen and oxygen atoms in total. The smallest absolute Gasteiger partial charge is 0.356 e. The van der Waals surface area contributed by atoms with Crippen LogP contribution in [-0.2, 0) is 16.2 Å². The van der Waals surface area contributed by atoms with Crippen molar-refractivity contribution in [2.75, 3.05) is 23.7 Å². The highest BCUT2D eigenvalue weighted by Gasteiger charge is 2.35. The van der Waals surface area contributed by atoms with Gasteiger partial charge in [0.15, 0.2) is 11.5 Å². The van der Waals surface area contributed by atoms with Crippen molar-refractivity contribution in [3.63, 3.8) is 0 Å². The first kappa shape index (κ1) is 19.5. The van der Waals surface area contributed by atoms with Crippen LogP contribution in [0, 0.1) is 5.92 Å². The lowest BCUT2D eigenvalue weighted by Gasteiger charge is -2.32. The number of hydrogen-bond donors (Lipinski definition) is 1. The number of pyridine rings is 1. The molecular formula is C16H18F3N5O2S. The summed E-state index contributed by atoms with van der Waals surface area (Å²) in [4.78, 5) is 13.6. The van der Waals surface area contributed by atoms with E-state index in [9.17, 15) is 21.6 Å². The maximum Gasteiger partial charge on any atom is 0.433 e. The second-order valence-electron chi connectivity index (χ2n) is 6.41. The van der Waals surface area contributed by atoms with E-state index in [1.54, 1.807) is 17.0 Å². The quantitative estimate of drug-likeness (QED) is 0.841. The third-order valence-electron chi connectivity index (χ3n) is 4.30. The maximum atomic E-state index is 13.3. The average Bonchev–Trinajstić information content (AvgIpc) is 2.61. The van der Waals surface area contributed by atoms with E-state index in [-0.39, 0.29) is 29.0 Å². The molecule has 0 spiro atoms. The van der Waals surface area contributed by atoms with Crippen molar-refractivity contribution in [1.82, 2.24) is 15.0 Å². The minimum atomic E-state index is -4.62. The van der Waals surface area contributed by atoms with E-state index in [1.165, 1.54) is 12.3 Å². The molecule has 1 saturated heterocycles. The lowest BCUT2D eigenvalue weighted by Crippen LogP contribution is -2.37. The fraction of sp³-hybridized carbons (Fsp3) is 0.438. The van der Waals surface area contributed by atoms with Crippen LogP contribution in [0.4, 0.5) is 19.0 Å². The first-order valence-corrected chi connectivity index (χ1v) is 9.96. The Morgan fingerprint density at radius 3 is 2.44 bits per heavy atom. The van der Waals surface area contributed by atoms with Crippen LogP contribution in [0.1, 0.15) is 18.5 Å². The van der Waals surface area contributed by atoms with E-state index in [0.717, 1.165) is 6.07 Å². The molecule has 0 bridgehead atoms. The highest BCUT2D eigenvalue weighted by atomic mass is 32.2. The predicted molar refractivity (Wildman–Crippen MR) is 93.2 cm³/mol. The zero-order valence-corrected chi connectivity index (χ0v) is 15.0. The number of hydrogen-bond acceptors (Lipinski definition) is 6. The molecule has 1 fully saturated rings. The van der Waals surface area contributed by atoms with E-state index in [2.05, 4.69) is 15.0 Å². The van der Waals surface area contributed by atoms with Gasteiger partial charge in [-0.15, -0.1) is 0 Å². The van der Waals surface area contributed by atoms with Crippen LogP contribution >= 0.6 is 0 Å². The van der Waals surface area contributed by atoms with Crippen molar-refractivity contribution in [3.8, 4) is 11.5 Å². The highest BCUT2D eigenvalue weighted by molar-refractivity contribution is 7.89. The lowest BCUT2D eigenvalue weighted by molar-refractivity contribution is -0.141. The zero-order chi connectivity index (χ0) is 19.7. The number of sulfonamides is 1. The monoisotopic (exact) mass is 401 g/mol. The van der Waals surface area contributed by atoms with Crippen LogP contribution in [0.3, 0.4) is 0 Å².